The van der Waals surface area contributed by atoms with E-state index in [4.69, 9.17) is 0 Å². The summed E-state index contributed by atoms with van der Waals surface area (Å²) in [7, 11) is 0. The maximum Gasteiger partial charge on any atom is 0.321 e. The van der Waals surface area contributed by atoms with E-state index in [1.54, 1.807) is 11.3 Å². The van der Waals surface area contributed by atoms with Gasteiger partial charge in [-0.2, -0.15) is 0 Å². The minimum absolute atomic E-state index is 0.115. The Morgan fingerprint density at radius 2 is 2.17 bits per heavy atom. The molecule has 24 heavy (non-hydrogen) atoms. The number of aromatic nitrogens is 3. The molecule has 0 saturated carbocycles. The average Bonchev–Trinajstić information content (AvgIpc) is 3.21. The first-order valence-corrected chi connectivity index (χ1v) is 9.69. The van der Waals surface area contributed by atoms with Gasteiger partial charge in [0.1, 0.15) is 0 Å². The van der Waals surface area contributed by atoms with Gasteiger partial charge in [-0.15, -0.1) is 21.5 Å². The maximum absolute atomic E-state index is 11.8. The van der Waals surface area contributed by atoms with Crippen LogP contribution in [0.2, 0.25) is 0 Å². The summed E-state index contributed by atoms with van der Waals surface area (Å²) < 4.78 is 1.96. The van der Waals surface area contributed by atoms with Crippen LogP contribution < -0.4 is 10.6 Å². The Morgan fingerprint density at radius 3 is 2.83 bits per heavy atom. The van der Waals surface area contributed by atoms with E-state index < -0.39 is 6.03 Å². The molecule has 0 spiro atoms. The first-order chi connectivity index (χ1) is 11.7. The number of nitrogens with zero attached hydrogens (tertiary/aromatic N) is 3. The summed E-state index contributed by atoms with van der Waals surface area (Å²) in [5.74, 6) is 0.564. The second-order valence-corrected chi connectivity index (χ2v) is 6.86. The number of hydrogen-bond donors (Lipinski definition) is 2. The third-order valence-electron chi connectivity index (χ3n) is 3.18. The number of urea groups is 1. The predicted octanol–water partition coefficient (Wildman–Crippen LogP) is 2.74. The Bertz CT molecular complexity index is 669. The lowest BCUT2D eigenvalue weighted by Gasteiger charge is -2.07. The van der Waals surface area contributed by atoms with Gasteiger partial charge in [0.15, 0.2) is 11.0 Å². The minimum atomic E-state index is -0.453. The van der Waals surface area contributed by atoms with E-state index in [-0.39, 0.29) is 11.7 Å². The van der Waals surface area contributed by atoms with Crippen molar-refractivity contribution in [3.05, 3.63) is 17.5 Å². The zero-order valence-corrected chi connectivity index (χ0v) is 15.4. The van der Waals surface area contributed by atoms with Crippen LogP contribution in [0.4, 0.5) is 4.79 Å². The van der Waals surface area contributed by atoms with Crippen LogP contribution in [0.25, 0.3) is 10.7 Å². The lowest BCUT2D eigenvalue weighted by Crippen LogP contribution is -2.40. The SMILES string of the molecule is CCCCNC(=O)NC(=O)CSc1nnc(-c2cccs2)n1CC. The Kier molecular flexibility index (Phi) is 7.26. The number of hydrogen-bond acceptors (Lipinski definition) is 6. The molecule has 9 heteroatoms. The van der Waals surface area contributed by atoms with Gasteiger partial charge in [0, 0.05) is 13.1 Å². The molecule has 2 heterocycles. The van der Waals surface area contributed by atoms with Crippen LogP contribution in [-0.2, 0) is 11.3 Å². The predicted molar refractivity (Wildman–Crippen MR) is 96.2 cm³/mol. The van der Waals surface area contributed by atoms with Crippen molar-refractivity contribution in [3.63, 3.8) is 0 Å². The van der Waals surface area contributed by atoms with Crippen LogP contribution in [0, 0.1) is 0 Å². The van der Waals surface area contributed by atoms with Crippen LogP contribution in [0.3, 0.4) is 0 Å². The number of thioether (sulfide) groups is 1. The van der Waals surface area contributed by atoms with E-state index >= 15 is 0 Å². The molecule has 130 valence electrons. The largest absolute Gasteiger partial charge is 0.338 e. The van der Waals surface area contributed by atoms with Gasteiger partial charge < -0.3 is 9.88 Å². The Hall–Kier alpha value is -1.87. The lowest BCUT2D eigenvalue weighted by atomic mass is 10.3. The number of carbonyl (C=O) groups is 2. The second-order valence-electron chi connectivity index (χ2n) is 4.97. The monoisotopic (exact) mass is 367 g/mol. The molecule has 7 nitrogen and oxygen atoms in total. The number of rotatable bonds is 8. The van der Waals surface area contributed by atoms with Crippen LogP contribution >= 0.6 is 23.1 Å². The number of amides is 3. The molecule has 0 aliphatic carbocycles. The fourth-order valence-corrected chi connectivity index (χ4v) is 3.50. The van der Waals surface area contributed by atoms with Crippen LogP contribution in [-0.4, -0.2) is 39.0 Å². The third-order valence-corrected chi connectivity index (χ3v) is 5.01. The quantitative estimate of drug-likeness (QED) is 0.553. The Morgan fingerprint density at radius 1 is 1.33 bits per heavy atom. The third kappa shape index (κ3) is 5.07. The summed E-state index contributed by atoms with van der Waals surface area (Å²) in [4.78, 5) is 24.4. The highest BCUT2D eigenvalue weighted by Crippen LogP contribution is 2.26. The molecule has 0 bridgehead atoms. The molecular formula is C15H21N5O2S2. The zero-order valence-electron chi connectivity index (χ0n) is 13.7. The normalized spacial score (nSPS) is 10.6. The molecule has 0 atom stereocenters. The summed E-state index contributed by atoms with van der Waals surface area (Å²) >= 11 is 2.87. The van der Waals surface area contributed by atoms with Crippen LogP contribution in [0.15, 0.2) is 22.7 Å². The molecule has 0 aromatic carbocycles. The van der Waals surface area contributed by atoms with Crippen molar-refractivity contribution in [2.24, 2.45) is 0 Å². The first-order valence-electron chi connectivity index (χ1n) is 7.83. The second kappa shape index (κ2) is 9.43. The van der Waals surface area contributed by atoms with Crippen molar-refractivity contribution in [2.75, 3.05) is 12.3 Å². The Labute approximate surface area is 149 Å². The van der Waals surface area contributed by atoms with Gasteiger partial charge in [0.25, 0.3) is 0 Å². The average molecular weight is 368 g/mol. The van der Waals surface area contributed by atoms with Gasteiger partial charge in [-0.25, -0.2) is 4.79 Å². The molecule has 2 N–H and O–H groups in total. The highest BCUT2D eigenvalue weighted by atomic mass is 32.2. The molecule has 0 aliphatic heterocycles. The summed E-state index contributed by atoms with van der Waals surface area (Å²) in [6.07, 6.45) is 1.88. The smallest absolute Gasteiger partial charge is 0.321 e. The summed E-state index contributed by atoms with van der Waals surface area (Å²) in [5.41, 5.74) is 0. The van der Waals surface area contributed by atoms with E-state index in [9.17, 15) is 9.59 Å². The van der Waals surface area contributed by atoms with Crippen LogP contribution in [0.5, 0.6) is 0 Å². The van der Waals surface area contributed by atoms with E-state index in [1.165, 1.54) is 11.8 Å². The topological polar surface area (TPSA) is 88.9 Å². The van der Waals surface area contributed by atoms with Crippen molar-refractivity contribution in [2.45, 2.75) is 38.4 Å². The van der Waals surface area contributed by atoms with E-state index in [2.05, 4.69) is 20.8 Å². The molecule has 0 unspecified atom stereocenters. The molecule has 0 saturated heterocycles. The van der Waals surface area contributed by atoms with E-state index in [0.717, 1.165) is 23.5 Å². The molecule has 2 aromatic heterocycles. The maximum atomic E-state index is 11.8. The van der Waals surface area contributed by atoms with Gasteiger partial charge in [0.2, 0.25) is 5.91 Å². The standard InChI is InChI=1S/C15H21N5O2S2/c1-3-5-8-16-14(22)17-12(21)10-24-15-19-18-13(20(15)4-2)11-7-6-9-23-11/h6-7,9H,3-5,8,10H2,1-2H3,(H2,16,17,21,22). The molecule has 2 rings (SSSR count). The summed E-state index contributed by atoms with van der Waals surface area (Å²) in [6, 6.07) is 3.50. The number of unbranched alkanes of at least 4 members (excludes halogenated alkanes) is 1. The van der Waals surface area contributed by atoms with Gasteiger partial charge in [-0.1, -0.05) is 31.2 Å². The molecular weight excluding hydrogens is 346 g/mol. The van der Waals surface area contributed by atoms with E-state index in [0.29, 0.717) is 18.2 Å². The van der Waals surface area contributed by atoms with Crippen molar-refractivity contribution >= 4 is 35.0 Å². The van der Waals surface area contributed by atoms with E-state index in [1.807, 2.05) is 35.9 Å². The highest BCUT2D eigenvalue weighted by Gasteiger charge is 2.15. The van der Waals surface area contributed by atoms with Gasteiger partial charge >= 0.3 is 6.03 Å². The van der Waals surface area contributed by atoms with Crippen molar-refractivity contribution in [1.29, 1.82) is 0 Å². The van der Waals surface area contributed by atoms with Crippen LogP contribution in [0.1, 0.15) is 26.7 Å². The van der Waals surface area contributed by atoms with Gasteiger partial charge in [0.05, 0.1) is 10.6 Å². The molecule has 0 aliphatic rings. The zero-order chi connectivity index (χ0) is 17.4. The number of thiophene rings is 1. The van der Waals surface area contributed by atoms with Gasteiger partial charge in [-0.05, 0) is 24.8 Å². The van der Waals surface area contributed by atoms with Crippen molar-refractivity contribution < 1.29 is 9.59 Å². The molecule has 0 fully saturated rings. The molecule has 0 radical (unpaired) electrons. The highest BCUT2D eigenvalue weighted by molar-refractivity contribution is 7.99. The summed E-state index contributed by atoms with van der Waals surface area (Å²) in [6.45, 7) is 5.32. The number of imide groups is 1. The fraction of sp³-hybridized carbons (Fsp3) is 0.467. The van der Waals surface area contributed by atoms with Crippen molar-refractivity contribution in [3.8, 4) is 10.7 Å². The van der Waals surface area contributed by atoms with Gasteiger partial charge in [-0.3, -0.25) is 10.1 Å². The Balaban J connectivity index is 1.88. The molecule has 3 amide bonds. The number of carbonyl (C=O) groups excluding carboxylic acids is 2. The fourth-order valence-electron chi connectivity index (χ4n) is 1.98. The summed E-state index contributed by atoms with van der Waals surface area (Å²) in [5, 5.41) is 16.0. The number of nitrogens with one attached hydrogen (secondary N) is 2. The van der Waals surface area contributed by atoms with Crippen molar-refractivity contribution in [1.82, 2.24) is 25.4 Å². The first kappa shape index (κ1) is 18.5. The minimum Gasteiger partial charge on any atom is -0.338 e. The molecule has 2 aromatic rings. The lowest BCUT2D eigenvalue weighted by molar-refractivity contribution is -0.117.